The second kappa shape index (κ2) is 9.52. The Morgan fingerprint density at radius 1 is 1.15 bits per heavy atom. The fourth-order valence-electron chi connectivity index (χ4n) is 3.87. The topological polar surface area (TPSA) is 104 Å². The third-order valence-electron chi connectivity index (χ3n) is 5.57. The number of carbonyl (C=O) groups excluding carboxylic acids is 2. The van der Waals surface area contributed by atoms with Gasteiger partial charge in [0.2, 0.25) is 5.78 Å². The van der Waals surface area contributed by atoms with E-state index in [1.54, 1.807) is 54.3 Å². The number of nitro groups is 1. The molecule has 0 N–H and O–H groups in total. The van der Waals surface area contributed by atoms with Gasteiger partial charge < -0.3 is 23.7 Å². The maximum Gasteiger partial charge on any atom is 0.269 e. The smallest absolute Gasteiger partial charge is 0.269 e. The molecule has 34 heavy (non-hydrogen) atoms. The molecule has 9 nitrogen and oxygen atoms in total. The van der Waals surface area contributed by atoms with Crippen molar-refractivity contribution in [3.63, 3.8) is 0 Å². The number of ether oxygens (including phenoxy) is 2. The summed E-state index contributed by atoms with van der Waals surface area (Å²) in [6.07, 6.45) is 4.16. The van der Waals surface area contributed by atoms with Crippen LogP contribution in [0, 0.1) is 10.1 Å². The van der Waals surface area contributed by atoms with Crippen molar-refractivity contribution in [3.05, 3.63) is 92.3 Å². The maximum absolute atomic E-state index is 13.4. The standard InChI is InChI=1S/C24H20BrN3O6/c1-33-19-8-5-16(23(10-19)34-2)11-26-13-21(27-12-17(25)9-20(27)22(26)14-29)24(30)15-3-6-18(7-4-15)28(31)32/h3-10,12-14,22H,11H2,1-2H3. The van der Waals surface area contributed by atoms with E-state index in [0.717, 1.165) is 11.8 Å². The highest BCUT2D eigenvalue weighted by Crippen LogP contribution is 2.36. The van der Waals surface area contributed by atoms with Gasteiger partial charge in [-0.2, -0.15) is 0 Å². The number of hydrogen-bond donors (Lipinski definition) is 0. The van der Waals surface area contributed by atoms with Gasteiger partial charge in [-0.1, -0.05) is 0 Å². The summed E-state index contributed by atoms with van der Waals surface area (Å²) < 4.78 is 13.1. The molecule has 0 saturated carbocycles. The van der Waals surface area contributed by atoms with E-state index in [1.807, 2.05) is 6.07 Å². The fourth-order valence-corrected chi connectivity index (χ4v) is 4.31. The van der Waals surface area contributed by atoms with Gasteiger partial charge in [0.25, 0.3) is 5.69 Å². The molecule has 0 bridgehead atoms. The van der Waals surface area contributed by atoms with Crippen molar-refractivity contribution in [2.75, 3.05) is 14.2 Å². The van der Waals surface area contributed by atoms with Crippen molar-refractivity contribution >= 4 is 39.4 Å². The van der Waals surface area contributed by atoms with Crippen LogP contribution in [0.15, 0.2) is 65.4 Å². The molecule has 2 aromatic carbocycles. The third kappa shape index (κ3) is 4.32. The van der Waals surface area contributed by atoms with Crippen LogP contribution < -0.4 is 9.47 Å². The number of rotatable bonds is 8. The molecule has 0 saturated heterocycles. The summed E-state index contributed by atoms with van der Waals surface area (Å²) >= 11 is 3.43. The number of nitro benzene ring substituents is 1. The zero-order valence-corrected chi connectivity index (χ0v) is 19.9. The Balaban J connectivity index is 1.76. The van der Waals surface area contributed by atoms with Crippen LogP contribution >= 0.6 is 15.9 Å². The summed E-state index contributed by atoms with van der Waals surface area (Å²) in [5, 5.41) is 11.0. The van der Waals surface area contributed by atoms with Crippen molar-refractivity contribution in [2.45, 2.75) is 12.6 Å². The average Bonchev–Trinajstić information content (AvgIpc) is 3.24. The van der Waals surface area contributed by atoms with E-state index in [9.17, 15) is 19.7 Å². The second-order valence-electron chi connectivity index (χ2n) is 7.53. The quantitative estimate of drug-likeness (QED) is 0.183. The maximum atomic E-state index is 13.4. The lowest BCUT2D eigenvalue weighted by Crippen LogP contribution is -2.32. The van der Waals surface area contributed by atoms with Crippen molar-refractivity contribution < 1.29 is 24.0 Å². The fraction of sp³-hybridized carbons (Fsp3) is 0.167. The van der Waals surface area contributed by atoms with E-state index in [0.29, 0.717) is 32.9 Å². The highest BCUT2D eigenvalue weighted by molar-refractivity contribution is 9.10. The largest absolute Gasteiger partial charge is 0.497 e. The Kier molecular flexibility index (Phi) is 6.51. The lowest BCUT2D eigenvalue weighted by Gasteiger charge is -2.33. The van der Waals surface area contributed by atoms with E-state index < -0.39 is 11.0 Å². The van der Waals surface area contributed by atoms with Crippen LogP contribution in [0.2, 0.25) is 0 Å². The minimum atomic E-state index is -0.647. The molecule has 10 heteroatoms. The molecule has 0 amide bonds. The van der Waals surface area contributed by atoms with Crippen molar-refractivity contribution in [1.82, 2.24) is 9.47 Å². The Hall–Kier alpha value is -3.92. The van der Waals surface area contributed by atoms with Crippen LogP contribution in [-0.2, 0) is 11.3 Å². The summed E-state index contributed by atoms with van der Waals surface area (Å²) in [4.78, 5) is 37.8. The number of Topliss-reactive ketones (excluding diaryl/α,β-unsaturated/α-hetero) is 1. The molecule has 0 fully saturated rings. The van der Waals surface area contributed by atoms with Gasteiger partial charge in [0.1, 0.15) is 29.5 Å². The summed E-state index contributed by atoms with van der Waals surface area (Å²) in [5.74, 6) is 0.881. The Morgan fingerprint density at radius 3 is 2.50 bits per heavy atom. The minimum absolute atomic E-state index is 0.104. The first-order chi connectivity index (χ1) is 16.4. The summed E-state index contributed by atoms with van der Waals surface area (Å²) in [5.41, 5.74) is 1.90. The zero-order chi connectivity index (χ0) is 24.4. The summed E-state index contributed by atoms with van der Waals surface area (Å²) in [6.45, 7) is 0.288. The predicted octanol–water partition coefficient (Wildman–Crippen LogP) is 4.61. The Morgan fingerprint density at radius 2 is 1.88 bits per heavy atom. The van der Waals surface area contributed by atoms with Gasteiger partial charge >= 0.3 is 0 Å². The minimum Gasteiger partial charge on any atom is -0.497 e. The Labute approximate surface area is 203 Å². The van der Waals surface area contributed by atoms with Gasteiger partial charge in [-0.3, -0.25) is 14.9 Å². The SMILES string of the molecule is COc1ccc(CN2C=C(C(=O)c3ccc([N+](=O)[O-])cc3)n3cc(Br)cc3C2C=O)c(OC)c1. The van der Waals surface area contributed by atoms with Gasteiger partial charge in [-0.05, 0) is 46.3 Å². The molecule has 1 aliphatic heterocycles. The summed E-state index contributed by atoms with van der Waals surface area (Å²) in [7, 11) is 3.11. The molecule has 0 aliphatic carbocycles. The lowest BCUT2D eigenvalue weighted by atomic mass is 10.0. The summed E-state index contributed by atoms with van der Waals surface area (Å²) in [6, 6.07) is 11.9. The van der Waals surface area contributed by atoms with Crippen molar-refractivity contribution in [2.24, 2.45) is 0 Å². The monoisotopic (exact) mass is 525 g/mol. The zero-order valence-electron chi connectivity index (χ0n) is 18.3. The van der Waals surface area contributed by atoms with Crippen LogP contribution in [0.3, 0.4) is 0 Å². The normalized spacial score (nSPS) is 14.7. The molecular formula is C24H20BrN3O6. The van der Waals surface area contributed by atoms with Gasteiger partial charge in [0.15, 0.2) is 0 Å². The first-order valence-corrected chi connectivity index (χ1v) is 11.0. The number of ketones is 1. The molecule has 174 valence electrons. The molecular weight excluding hydrogens is 506 g/mol. The molecule has 2 heterocycles. The highest BCUT2D eigenvalue weighted by atomic mass is 79.9. The number of carbonyl (C=O) groups is 2. The first-order valence-electron chi connectivity index (χ1n) is 10.2. The first kappa shape index (κ1) is 23.2. The number of allylic oxidation sites excluding steroid dienone is 1. The molecule has 1 aliphatic rings. The van der Waals surface area contributed by atoms with Gasteiger partial charge in [0.05, 0.1) is 24.8 Å². The number of hydrogen-bond acceptors (Lipinski definition) is 7. The number of aldehydes is 1. The van der Waals surface area contributed by atoms with Crippen LogP contribution in [0.4, 0.5) is 5.69 Å². The van der Waals surface area contributed by atoms with Crippen LogP contribution in [0.1, 0.15) is 27.7 Å². The molecule has 0 spiro atoms. The van der Waals surface area contributed by atoms with E-state index in [4.69, 9.17) is 9.47 Å². The molecule has 1 aromatic heterocycles. The van der Waals surface area contributed by atoms with Crippen molar-refractivity contribution in [3.8, 4) is 11.5 Å². The second-order valence-corrected chi connectivity index (χ2v) is 8.45. The number of fused-ring (bicyclic) bond motifs is 1. The number of benzene rings is 2. The number of non-ortho nitro benzene ring substituents is 1. The number of aromatic nitrogens is 1. The van der Waals surface area contributed by atoms with Crippen LogP contribution in [-0.4, -0.2) is 40.7 Å². The lowest BCUT2D eigenvalue weighted by molar-refractivity contribution is -0.384. The van der Waals surface area contributed by atoms with Crippen LogP contribution in [0.5, 0.6) is 11.5 Å². The number of halogens is 1. The van der Waals surface area contributed by atoms with Gasteiger partial charge in [0, 0.05) is 52.7 Å². The molecule has 1 atom stereocenters. The van der Waals surface area contributed by atoms with E-state index in [1.165, 1.54) is 24.3 Å². The molecule has 1 unspecified atom stereocenters. The van der Waals surface area contributed by atoms with E-state index >= 15 is 0 Å². The molecule has 4 rings (SSSR count). The van der Waals surface area contributed by atoms with E-state index in [-0.39, 0.29) is 18.0 Å². The predicted molar refractivity (Wildman–Crippen MR) is 128 cm³/mol. The van der Waals surface area contributed by atoms with E-state index in [2.05, 4.69) is 15.9 Å². The number of methoxy groups -OCH3 is 2. The van der Waals surface area contributed by atoms with Crippen LogP contribution in [0.25, 0.3) is 5.70 Å². The van der Waals surface area contributed by atoms with Gasteiger partial charge in [-0.15, -0.1) is 0 Å². The average molecular weight is 526 g/mol. The molecule has 3 aromatic rings. The highest BCUT2D eigenvalue weighted by Gasteiger charge is 2.31. The van der Waals surface area contributed by atoms with Crippen molar-refractivity contribution in [1.29, 1.82) is 0 Å². The van der Waals surface area contributed by atoms with Gasteiger partial charge in [-0.25, -0.2) is 0 Å². The number of nitrogens with zero attached hydrogens (tertiary/aromatic N) is 3. The third-order valence-corrected chi connectivity index (χ3v) is 6.01. The molecule has 0 radical (unpaired) electrons. The Bertz CT molecular complexity index is 1300.